The van der Waals surface area contributed by atoms with E-state index in [2.05, 4.69) is 10.4 Å². The number of nitrogens with zero attached hydrogens (tertiary/aromatic N) is 2. The molecule has 1 amide bonds. The van der Waals surface area contributed by atoms with Crippen molar-refractivity contribution in [1.82, 2.24) is 15.1 Å². The van der Waals surface area contributed by atoms with E-state index in [1.807, 2.05) is 18.2 Å². The van der Waals surface area contributed by atoms with Crippen LogP contribution in [0.25, 0.3) is 16.5 Å². The van der Waals surface area contributed by atoms with Crippen molar-refractivity contribution < 1.29 is 14.3 Å². The van der Waals surface area contributed by atoms with Crippen molar-refractivity contribution in [2.45, 2.75) is 6.54 Å². The van der Waals surface area contributed by atoms with Crippen molar-refractivity contribution in [3.8, 4) is 17.2 Å². The molecule has 4 aromatic rings. The predicted molar refractivity (Wildman–Crippen MR) is 118 cm³/mol. The summed E-state index contributed by atoms with van der Waals surface area (Å²) < 4.78 is 11.9. The molecule has 31 heavy (non-hydrogen) atoms. The molecule has 7 nitrogen and oxygen atoms in total. The first kappa shape index (κ1) is 20.2. The van der Waals surface area contributed by atoms with Gasteiger partial charge in [0.25, 0.3) is 11.5 Å². The van der Waals surface area contributed by atoms with E-state index in [4.69, 9.17) is 9.47 Å². The van der Waals surface area contributed by atoms with Gasteiger partial charge in [-0.05, 0) is 36.4 Å². The van der Waals surface area contributed by atoms with Gasteiger partial charge in [-0.1, -0.05) is 36.4 Å². The van der Waals surface area contributed by atoms with E-state index in [-0.39, 0.29) is 17.8 Å². The summed E-state index contributed by atoms with van der Waals surface area (Å²) in [4.78, 5) is 26.1. The third kappa shape index (κ3) is 3.98. The van der Waals surface area contributed by atoms with Crippen molar-refractivity contribution in [1.29, 1.82) is 0 Å². The Morgan fingerprint density at radius 3 is 2.35 bits per heavy atom. The number of carbonyl (C=O) groups excluding carboxylic acids is 1. The maximum absolute atomic E-state index is 13.1. The molecule has 3 aromatic carbocycles. The Morgan fingerprint density at radius 2 is 1.65 bits per heavy atom. The number of hydrogen-bond donors (Lipinski definition) is 1. The summed E-state index contributed by atoms with van der Waals surface area (Å²) in [6.07, 6.45) is 0. The second kappa shape index (κ2) is 8.71. The minimum absolute atomic E-state index is 0.168. The number of nitrogens with one attached hydrogen (secondary N) is 1. The van der Waals surface area contributed by atoms with Crippen molar-refractivity contribution >= 4 is 16.7 Å². The highest BCUT2D eigenvalue weighted by Gasteiger charge is 2.18. The Balaban J connectivity index is 1.73. The van der Waals surface area contributed by atoms with Gasteiger partial charge in [-0.3, -0.25) is 9.59 Å². The molecule has 1 heterocycles. The molecule has 4 rings (SSSR count). The lowest BCUT2D eigenvalue weighted by molar-refractivity contribution is 0.0946. The molecular weight excluding hydrogens is 394 g/mol. The first-order valence-electron chi connectivity index (χ1n) is 9.69. The van der Waals surface area contributed by atoms with E-state index in [0.29, 0.717) is 28.0 Å². The van der Waals surface area contributed by atoms with E-state index in [0.717, 1.165) is 5.56 Å². The summed E-state index contributed by atoms with van der Waals surface area (Å²) in [5.74, 6) is 0.894. The number of ether oxygens (including phenoxy) is 2. The molecule has 0 spiro atoms. The van der Waals surface area contributed by atoms with Crippen LogP contribution in [0.2, 0.25) is 0 Å². The van der Waals surface area contributed by atoms with Gasteiger partial charge in [-0.2, -0.15) is 9.78 Å². The van der Waals surface area contributed by atoms with E-state index in [1.54, 1.807) is 68.8 Å². The van der Waals surface area contributed by atoms with E-state index in [9.17, 15) is 9.59 Å². The summed E-state index contributed by atoms with van der Waals surface area (Å²) in [6, 6.07) is 21.3. The number of para-hydroxylation sites is 1. The number of carbonyl (C=O) groups is 1. The molecule has 1 N–H and O–H groups in total. The Bertz CT molecular complexity index is 1300. The summed E-state index contributed by atoms with van der Waals surface area (Å²) in [5, 5.41) is 8.19. The monoisotopic (exact) mass is 415 g/mol. The van der Waals surface area contributed by atoms with Gasteiger partial charge in [0, 0.05) is 17.5 Å². The minimum atomic E-state index is -0.397. The predicted octanol–water partition coefficient (Wildman–Crippen LogP) is 3.33. The molecule has 0 radical (unpaired) electrons. The topological polar surface area (TPSA) is 82.4 Å². The normalized spacial score (nSPS) is 10.6. The number of benzene rings is 3. The lowest BCUT2D eigenvalue weighted by atomic mass is 10.1. The Hall–Kier alpha value is -4.13. The molecule has 0 aliphatic rings. The average molecular weight is 415 g/mol. The highest BCUT2D eigenvalue weighted by molar-refractivity contribution is 6.04. The molecule has 1 aromatic heterocycles. The fraction of sp³-hybridized carbons (Fsp3) is 0.125. The largest absolute Gasteiger partial charge is 0.497 e. The third-order valence-corrected chi connectivity index (χ3v) is 4.95. The van der Waals surface area contributed by atoms with Crippen molar-refractivity contribution in [2.24, 2.45) is 0 Å². The van der Waals surface area contributed by atoms with Gasteiger partial charge < -0.3 is 14.8 Å². The van der Waals surface area contributed by atoms with Gasteiger partial charge in [0.2, 0.25) is 0 Å². The third-order valence-electron chi connectivity index (χ3n) is 4.95. The SMILES string of the molecule is COc1ccc(OC)c(CNC(=O)c2nn(-c3ccccc3)c(=O)c3ccccc23)c1. The number of fused-ring (bicyclic) bond motifs is 1. The molecule has 0 aliphatic heterocycles. The summed E-state index contributed by atoms with van der Waals surface area (Å²) in [6.45, 7) is 0.208. The Morgan fingerprint density at radius 1 is 0.935 bits per heavy atom. The van der Waals surface area contributed by atoms with Crippen LogP contribution in [0.15, 0.2) is 77.6 Å². The van der Waals surface area contributed by atoms with Crippen LogP contribution in [0, 0.1) is 0 Å². The Labute approximate surface area is 178 Å². The summed E-state index contributed by atoms with van der Waals surface area (Å²) >= 11 is 0. The summed E-state index contributed by atoms with van der Waals surface area (Å²) in [5.41, 5.74) is 1.23. The van der Waals surface area contributed by atoms with Gasteiger partial charge in [-0.25, -0.2) is 0 Å². The van der Waals surface area contributed by atoms with Crippen molar-refractivity contribution in [3.63, 3.8) is 0 Å². The molecule has 0 saturated heterocycles. The molecule has 156 valence electrons. The maximum Gasteiger partial charge on any atom is 0.279 e. The summed E-state index contributed by atoms with van der Waals surface area (Å²) in [7, 11) is 3.14. The van der Waals surface area contributed by atoms with Gasteiger partial charge in [0.1, 0.15) is 11.5 Å². The standard InChI is InChI=1S/C24H21N3O4/c1-30-18-12-13-21(31-2)16(14-18)15-25-23(28)22-19-10-6-7-11-20(19)24(29)27(26-22)17-8-4-3-5-9-17/h3-14H,15H2,1-2H3,(H,25,28). The number of amides is 1. The van der Waals surface area contributed by atoms with Crippen LogP contribution in [0.3, 0.4) is 0 Å². The molecular formula is C24H21N3O4. The second-order valence-electron chi connectivity index (χ2n) is 6.81. The lowest BCUT2D eigenvalue weighted by Crippen LogP contribution is -2.29. The molecule has 0 atom stereocenters. The van der Waals surface area contributed by atoms with Crippen LogP contribution in [-0.2, 0) is 6.54 Å². The van der Waals surface area contributed by atoms with Gasteiger partial charge in [0.15, 0.2) is 5.69 Å². The van der Waals surface area contributed by atoms with Crippen molar-refractivity contribution in [3.05, 3.63) is 94.4 Å². The number of methoxy groups -OCH3 is 2. The smallest absolute Gasteiger partial charge is 0.279 e. The quantitative estimate of drug-likeness (QED) is 0.522. The van der Waals surface area contributed by atoms with E-state index >= 15 is 0 Å². The average Bonchev–Trinajstić information content (AvgIpc) is 2.83. The van der Waals surface area contributed by atoms with Crippen molar-refractivity contribution in [2.75, 3.05) is 14.2 Å². The molecule has 0 fully saturated rings. The van der Waals surface area contributed by atoms with Crippen LogP contribution >= 0.6 is 0 Å². The number of aromatic nitrogens is 2. The van der Waals surface area contributed by atoms with Crippen LogP contribution in [0.5, 0.6) is 11.5 Å². The van der Waals surface area contributed by atoms with E-state index < -0.39 is 5.91 Å². The minimum Gasteiger partial charge on any atom is -0.497 e. The molecule has 0 unspecified atom stereocenters. The van der Waals surface area contributed by atoms with Crippen LogP contribution in [0.1, 0.15) is 16.1 Å². The zero-order valence-corrected chi connectivity index (χ0v) is 17.2. The highest BCUT2D eigenvalue weighted by atomic mass is 16.5. The number of hydrogen-bond acceptors (Lipinski definition) is 5. The lowest BCUT2D eigenvalue weighted by Gasteiger charge is -2.13. The zero-order valence-electron chi connectivity index (χ0n) is 17.2. The maximum atomic E-state index is 13.1. The first-order chi connectivity index (χ1) is 15.1. The van der Waals surface area contributed by atoms with Gasteiger partial charge in [-0.15, -0.1) is 0 Å². The fourth-order valence-electron chi connectivity index (χ4n) is 3.38. The molecule has 0 bridgehead atoms. The fourth-order valence-corrected chi connectivity index (χ4v) is 3.38. The van der Waals surface area contributed by atoms with Crippen LogP contribution in [-0.4, -0.2) is 29.9 Å². The van der Waals surface area contributed by atoms with Gasteiger partial charge in [0.05, 0.1) is 25.3 Å². The van der Waals surface area contributed by atoms with Crippen LogP contribution < -0.4 is 20.3 Å². The second-order valence-corrected chi connectivity index (χ2v) is 6.81. The molecule has 0 aliphatic carbocycles. The first-order valence-corrected chi connectivity index (χ1v) is 9.69. The van der Waals surface area contributed by atoms with Crippen LogP contribution in [0.4, 0.5) is 0 Å². The Kier molecular flexibility index (Phi) is 5.66. The molecule has 0 saturated carbocycles. The van der Waals surface area contributed by atoms with Gasteiger partial charge >= 0.3 is 0 Å². The highest BCUT2D eigenvalue weighted by Crippen LogP contribution is 2.24. The van der Waals surface area contributed by atoms with E-state index in [1.165, 1.54) is 4.68 Å². The molecule has 7 heteroatoms. The zero-order chi connectivity index (χ0) is 21.8. The number of rotatable bonds is 6.